The second kappa shape index (κ2) is 6.40. The molecule has 3 rings (SSSR count). The van der Waals surface area contributed by atoms with Crippen molar-refractivity contribution in [3.63, 3.8) is 0 Å². The van der Waals surface area contributed by atoms with E-state index in [2.05, 4.69) is 21.9 Å². The topological polar surface area (TPSA) is 23.6 Å². The summed E-state index contributed by atoms with van der Waals surface area (Å²) in [6.07, 6.45) is 6.06. The van der Waals surface area contributed by atoms with Gasteiger partial charge < -0.3 is 4.90 Å². The molecule has 0 aliphatic carbocycles. The van der Waals surface area contributed by atoms with Gasteiger partial charge in [0.1, 0.15) is 6.04 Å². The molecule has 0 spiro atoms. The van der Waals surface area contributed by atoms with Gasteiger partial charge >= 0.3 is 0 Å². The Labute approximate surface area is 121 Å². The Morgan fingerprint density at radius 1 is 0.850 bits per heavy atom. The molecule has 2 aliphatic heterocycles. The van der Waals surface area contributed by atoms with Crippen LogP contribution in [0.1, 0.15) is 43.7 Å². The third kappa shape index (κ3) is 2.88. The first-order chi connectivity index (χ1) is 9.86. The summed E-state index contributed by atoms with van der Waals surface area (Å²) in [5.41, 5.74) is 1.16. The summed E-state index contributed by atoms with van der Waals surface area (Å²) in [6.45, 7) is 3.99. The molecule has 0 bridgehead atoms. The van der Waals surface area contributed by atoms with Crippen molar-refractivity contribution in [1.82, 2.24) is 9.80 Å². The van der Waals surface area contributed by atoms with Gasteiger partial charge in [0.25, 0.3) is 0 Å². The number of piperidine rings is 1. The lowest BCUT2D eigenvalue weighted by molar-refractivity contribution is -0.136. The Balaban J connectivity index is 1.84. The highest BCUT2D eigenvalue weighted by atomic mass is 16.2. The van der Waals surface area contributed by atoms with Gasteiger partial charge in [-0.1, -0.05) is 36.8 Å². The summed E-state index contributed by atoms with van der Waals surface area (Å²) >= 11 is 0. The molecule has 1 aromatic rings. The van der Waals surface area contributed by atoms with Crippen molar-refractivity contribution >= 4 is 5.91 Å². The van der Waals surface area contributed by atoms with E-state index in [1.54, 1.807) is 0 Å². The summed E-state index contributed by atoms with van der Waals surface area (Å²) in [6, 6.07) is 10.3. The van der Waals surface area contributed by atoms with Crippen molar-refractivity contribution in [2.45, 2.75) is 38.1 Å². The Kier molecular flexibility index (Phi) is 4.36. The highest BCUT2D eigenvalue weighted by Gasteiger charge is 2.32. The van der Waals surface area contributed by atoms with E-state index in [1.165, 1.54) is 19.3 Å². The average molecular weight is 272 g/mol. The molecule has 1 amide bonds. The van der Waals surface area contributed by atoms with Gasteiger partial charge in [-0.2, -0.15) is 0 Å². The summed E-state index contributed by atoms with van der Waals surface area (Å²) in [7, 11) is 0. The number of amides is 1. The van der Waals surface area contributed by atoms with Crippen molar-refractivity contribution in [2.24, 2.45) is 0 Å². The molecule has 108 valence electrons. The maximum atomic E-state index is 12.9. The molecule has 2 aliphatic rings. The van der Waals surface area contributed by atoms with Crippen molar-refractivity contribution < 1.29 is 4.79 Å². The first-order valence-electron chi connectivity index (χ1n) is 7.94. The number of likely N-dealkylation sites (tertiary alicyclic amines) is 2. The molecule has 0 saturated carbocycles. The number of benzene rings is 1. The zero-order valence-corrected chi connectivity index (χ0v) is 12.1. The number of hydrogen-bond donors (Lipinski definition) is 0. The first-order valence-corrected chi connectivity index (χ1v) is 7.94. The maximum absolute atomic E-state index is 12.9. The van der Waals surface area contributed by atoms with Gasteiger partial charge in [-0.05, 0) is 44.3 Å². The summed E-state index contributed by atoms with van der Waals surface area (Å²) in [5, 5.41) is 0. The number of nitrogens with zero attached hydrogens (tertiary/aromatic N) is 2. The molecule has 2 saturated heterocycles. The molecule has 1 atom stereocenters. The number of carbonyl (C=O) groups excluding carboxylic acids is 1. The summed E-state index contributed by atoms with van der Waals surface area (Å²) in [4.78, 5) is 17.4. The standard InChI is InChI=1S/C17H24N2O/c20-17(19-13-7-8-14-19)16(15-9-3-1-4-10-15)18-11-5-2-6-12-18/h1,3-4,9-10,16H,2,5-8,11-14H2. The quantitative estimate of drug-likeness (QED) is 0.844. The molecule has 0 N–H and O–H groups in total. The van der Waals surface area contributed by atoms with Crippen molar-refractivity contribution in [2.75, 3.05) is 26.2 Å². The van der Waals surface area contributed by atoms with E-state index >= 15 is 0 Å². The maximum Gasteiger partial charge on any atom is 0.244 e. The van der Waals surface area contributed by atoms with Gasteiger partial charge in [0.15, 0.2) is 0 Å². The average Bonchev–Trinajstić information content (AvgIpc) is 3.04. The molecular formula is C17H24N2O. The van der Waals surface area contributed by atoms with Crippen LogP contribution in [0.4, 0.5) is 0 Å². The van der Waals surface area contributed by atoms with E-state index in [0.717, 1.165) is 44.6 Å². The minimum Gasteiger partial charge on any atom is -0.341 e. The normalized spacial score (nSPS) is 21.9. The largest absolute Gasteiger partial charge is 0.341 e. The Hall–Kier alpha value is -1.35. The fourth-order valence-corrected chi connectivity index (χ4v) is 3.43. The molecule has 2 fully saturated rings. The molecular weight excluding hydrogens is 248 g/mol. The molecule has 0 aromatic heterocycles. The van der Waals surface area contributed by atoms with E-state index < -0.39 is 0 Å². The molecule has 3 heteroatoms. The molecule has 1 unspecified atom stereocenters. The zero-order chi connectivity index (χ0) is 13.8. The lowest BCUT2D eigenvalue weighted by atomic mass is 10.0. The van der Waals surface area contributed by atoms with E-state index in [-0.39, 0.29) is 6.04 Å². The van der Waals surface area contributed by atoms with Gasteiger partial charge in [0.05, 0.1) is 0 Å². The summed E-state index contributed by atoms with van der Waals surface area (Å²) < 4.78 is 0. The highest BCUT2D eigenvalue weighted by Crippen LogP contribution is 2.27. The van der Waals surface area contributed by atoms with Crippen LogP contribution in [0.3, 0.4) is 0 Å². The lowest BCUT2D eigenvalue weighted by Crippen LogP contribution is -2.44. The third-order valence-electron chi connectivity index (χ3n) is 4.52. The van der Waals surface area contributed by atoms with Crippen molar-refractivity contribution in [1.29, 1.82) is 0 Å². The molecule has 20 heavy (non-hydrogen) atoms. The molecule has 2 heterocycles. The predicted octanol–water partition coefficient (Wildman–Crippen LogP) is 2.84. The van der Waals surface area contributed by atoms with Gasteiger partial charge in [-0.3, -0.25) is 9.69 Å². The van der Waals surface area contributed by atoms with Gasteiger partial charge in [-0.15, -0.1) is 0 Å². The van der Waals surface area contributed by atoms with Crippen LogP contribution >= 0.6 is 0 Å². The number of rotatable bonds is 3. The van der Waals surface area contributed by atoms with Crippen LogP contribution in [0.2, 0.25) is 0 Å². The fraction of sp³-hybridized carbons (Fsp3) is 0.588. The van der Waals surface area contributed by atoms with E-state index in [4.69, 9.17) is 0 Å². The van der Waals surface area contributed by atoms with E-state index in [0.29, 0.717) is 5.91 Å². The van der Waals surface area contributed by atoms with Crippen LogP contribution in [0.25, 0.3) is 0 Å². The van der Waals surface area contributed by atoms with Gasteiger partial charge in [0, 0.05) is 13.1 Å². The minimum atomic E-state index is -0.0606. The van der Waals surface area contributed by atoms with Crippen LogP contribution in [0.15, 0.2) is 30.3 Å². The van der Waals surface area contributed by atoms with Crippen molar-refractivity contribution in [3.05, 3.63) is 35.9 Å². The van der Waals surface area contributed by atoms with E-state index in [1.807, 2.05) is 18.2 Å². The second-order valence-electron chi connectivity index (χ2n) is 5.94. The predicted molar refractivity (Wildman–Crippen MR) is 80.4 cm³/mol. The van der Waals surface area contributed by atoms with Crippen LogP contribution in [-0.2, 0) is 4.79 Å². The smallest absolute Gasteiger partial charge is 0.244 e. The number of carbonyl (C=O) groups is 1. The minimum absolute atomic E-state index is 0.0606. The fourth-order valence-electron chi connectivity index (χ4n) is 3.43. The van der Waals surface area contributed by atoms with Crippen LogP contribution in [0, 0.1) is 0 Å². The second-order valence-corrected chi connectivity index (χ2v) is 5.94. The Bertz CT molecular complexity index is 434. The lowest BCUT2D eigenvalue weighted by Gasteiger charge is -2.36. The van der Waals surface area contributed by atoms with Gasteiger partial charge in [0.2, 0.25) is 5.91 Å². The van der Waals surface area contributed by atoms with Crippen molar-refractivity contribution in [3.8, 4) is 0 Å². The Morgan fingerprint density at radius 2 is 1.45 bits per heavy atom. The SMILES string of the molecule is O=C(C(c1ccccc1)N1CCCCC1)N1CCCC1. The summed E-state index contributed by atoms with van der Waals surface area (Å²) in [5.74, 6) is 0.315. The zero-order valence-electron chi connectivity index (χ0n) is 12.1. The van der Waals surface area contributed by atoms with Gasteiger partial charge in [-0.25, -0.2) is 0 Å². The molecule has 0 radical (unpaired) electrons. The Morgan fingerprint density at radius 3 is 2.10 bits per heavy atom. The van der Waals surface area contributed by atoms with E-state index in [9.17, 15) is 4.79 Å². The van der Waals surface area contributed by atoms with Crippen LogP contribution in [0.5, 0.6) is 0 Å². The molecule has 1 aromatic carbocycles. The number of hydrogen-bond acceptors (Lipinski definition) is 2. The first kappa shape index (κ1) is 13.6. The molecule has 3 nitrogen and oxygen atoms in total. The van der Waals surface area contributed by atoms with Crippen LogP contribution in [-0.4, -0.2) is 41.9 Å². The third-order valence-corrected chi connectivity index (χ3v) is 4.52. The highest BCUT2D eigenvalue weighted by molar-refractivity contribution is 5.83. The monoisotopic (exact) mass is 272 g/mol. The van der Waals surface area contributed by atoms with Crippen LogP contribution < -0.4 is 0 Å².